The number of halogens is 2. The number of anilines is 1. The summed E-state index contributed by atoms with van der Waals surface area (Å²) >= 11 is 11.8. The first-order valence-corrected chi connectivity index (χ1v) is 11.2. The number of thiophene rings is 1. The van der Waals surface area contributed by atoms with Gasteiger partial charge in [-0.05, 0) is 42.0 Å². The van der Waals surface area contributed by atoms with Crippen molar-refractivity contribution in [1.29, 1.82) is 0 Å². The molecule has 0 unspecified atom stereocenters. The Labute approximate surface area is 191 Å². The number of fused-ring (bicyclic) bond motifs is 1. The van der Waals surface area contributed by atoms with Gasteiger partial charge < -0.3 is 0 Å². The first-order valence-electron chi connectivity index (χ1n) is 9.25. The molecule has 5 rings (SSSR count). The number of hydrogen-bond acceptors (Lipinski definition) is 3. The van der Waals surface area contributed by atoms with Crippen molar-refractivity contribution >= 4 is 72.5 Å². The number of carbonyl (C=O) groups excluding carboxylic acids is 1. The molecule has 1 aromatic heterocycles. The van der Waals surface area contributed by atoms with Gasteiger partial charge in [0.25, 0.3) is 5.91 Å². The monoisotopic (exact) mass is 492 g/mol. The SMILES string of the molecule is O=C1/C(=C\c2cccc(Br)c2)N=C(c2sc3ccccc3c2Cl)N1c1ccccc1. The van der Waals surface area contributed by atoms with Gasteiger partial charge in [-0.15, -0.1) is 11.3 Å². The highest BCUT2D eigenvalue weighted by Gasteiger charge is 2.34. The van der Waals surface area contributed by atoms with E-state index in [0.29, 0.717) is 16.6 Å². The standard InChI is InChI=1S/C24H14BrClN2OS/c25-16-8-6-7-15(13-16)14-19-24(29)28(17-9-2-1-3-10-17)23(27-19)22-21(26)18-11-4-5-12-20(18)30-22/h1-14H/b19-14+. The highest BCUT2D eigenvalue weighted by Crippen LogP contribution is 2.39. The van der Waals surface area contributed by atoms with Gasteiger partial charge in [0.15, 0.2) is 5.84 Å². The minimum Gasteiger partial charge on any atom is -0.266 e. The first-order chi connectivity index (χ1) is 14.6. The number of carbonyl (C=O) groups is 1. The van der Waals surface area contributed by atoms with Crippen LogP contribution in [0.15, 0.2) is 94.0 Å². The number of amides is 1. The second-order valence-electron chi connectivity index (χ2n) is 6.74. The molecule has 0 radical (unpaired) electrons. The zero-order valence-corrected chi connectivity index (χ0v) is 18.7. The largest absolute Gasteiger partial charge is 0.282 e. The number of benzene rings is 3. The number of amidine groups is 1. The van der Waals surface area contributed by atoms with Crippen LogP contribution in [0.3, 0.4) is 0 Å². The van der Waals surface area contributed by atoms with Crippen molar-refractivity contribution in [2.75, 3.05) is 4.90 Å². The van der Waals surface area contributed by atoms with Crippen molar-refractivity contribution in [1.82, 2.24) is 0 Å². The van der Waals surface area contributed by atoms with Crippen molar-refractivity contribution < 1.29 is 4.79 Å². The fourth-order valence-corrected chi connectivity index (χ4v) is 5.31. The van der Waals surface area contributed by atoms with E-state index >= 15 is 0 Å². The molecule has 146 valence electrons. The van der Waals surface area contributed by atoms with E-state index < -0.39 is 0 Å². The average molecular weight is 494 g/mol. The van der Waals surface area contributed by atoms with Crippen molar-refractivity contribution in [2.24, 2.45) is 4.99 Å². The Morgan fingerprint density at radius 2 is 1.73 bits per heavy atom. The molecule has 0 saturated carbocycles. The topological polar surface area (TPSA) is 32.7 Å². The molecule has 0 fully saturated rings. The molecule has 0 bridgehead atoms. The van der Waals surface area contributed by atoms with Crippen molar-refractivity contribution in [3.63, 3.8) is 0 Å². The normalized spacial score (nSPS) is 15.3. The van der Waals surface area contributed by atoms with Gasteiger partial charge in [0.1, 0.15) is 5.70 Å². The minimum absolute atomic E-state index is 0.176. The van der Waals surface area contributed by atoms with Crippen LogP contribution in [0.4, 0.5) is 5.69 Å². The summed E-state index contributed by atoms with van der Waals surface area (Å²) < 4.78 is 2.00. The molecule has 2 heterocycles. The lowest BCUT2D eigenvalue weighted by Gasteiger charge is -2.17. The summed E-state index contributed by atoms with van der Waals surface area (Å²) in [6.07, 6.45) is 1.80. The van der Waals surface area contributed by atoms with Gasteiger partial charge in [-0.2, -0.15) is 0 Å². The van der Waals surface area contributed by atoms with Crippen LogP contribution in [0, 0.1) is 0 Å². The van der Waals surface area contributed by atoms with E-state index in [1.165, 1.54) is 0 Å². The molecule has 1 aliphatic rings. The Kier molecular flexibility index (Phi) is 5.03. The van der Waals surface area contributed by atoms with Gasteiger partial charge in [-0.1, -0.05) is 76.1 Å². The molecular formula is C24H14BrClN2OS. The number of nitrogens with zero attached hydrogens (tertiary/aromatic N) is 2. The number of rotatable bonds is 3. The molecule has 6 heteroatoms. The van der Waals surface area contributed by atoms with Crippen LogP contribution in [0.2, 0.25) is 5.02 Å². The molecule has 1 aliphatic heterocycles. The molecule has 0 atom stereocenters. The van der Waals surface area contributed by atoms with Crippen LogP contribution in [-0.4, -0.2) is 11.7 Å². The van der Waals surface area contributed by atoms with Crippen molar-refractivity contribution in [3.8, 4) is 0 Å². The molecule has 1 amide bonds. The van der Waals surface area contributed by atoms with Crippen molar-refractivity contribution in [2.45, 2.75) is 0 Å². The van der Waals surface area contributed by atoms with E-state index in [4.69, 9.17) is 16.6 Å². The quantitative estimate of drug-likeness (QED) is 0.279. The maximum atomic E-state index is 13.4. The summed E-state index contributed by atoms with van der Waals surface area (Å²) in [4.78, 5) is 20.6. The Hall–Kier alpha value is -2.73. The molecule has 0 aliphatic carbocycles. The van der Waals surface area contributed by atoms with Crippen LogP contribution in [0.5, 0.6) is 0 Å². The summed E-state index contributed by atoms with van der Waals surface area (Å²) in [6, 6.07) is 25.3. The second-order valence-corrected chi connectivity index (χ2v) is 9.08. The third-order valence-electron chi connectivity index (χ3n) is 4.76. The summed E-state index contributed by atoms with van der Waals surface area (Å²) in [6.45, 7) is 0. The third-order valence-corrected chi connectivity index (χ3v) is 6.93. The number of para-hydroxylation sites is 1. The van der Waals surface area contributed by atoms with Crippen LogP contribution >= 0.6 is 38.9 Å². The molecular weight excluding hydrogens is 480 g/mol. The van der Waals surface area contributed by atoms with Crippen LogP contribution in [0.25, 0.3) is 16.2 Å². The lowest BCUT2D eigenvalue weighted by atomic mass is 10.2. The van der Waals surface area contributed by atoms with Gasteiger partial charge in [0, 0.05) is 14.6 Å². The number of hydrogen-bond donors (Lipinski definition) is 0. The fourth-order valence-electron chi connectivity index (χ4n) is 3.40. The minimum atomic E-state index is -0.176. The predicted molar refractivity (Wildman–Crippen MR) is 129 cm³/mol. The summed E-state index contributed by atoms with van der Waals surface area (Å²) in [5, 5.41) is 1.58. The highest BCUT2D eigenvalue weighted by atomic mass is 79.9. The zero-order chi connectivity index (χ0) is 20.7. The van der Waals surface area contributed by atoms with E-state index in [2.05, 4.69) is 15.9 Å². The maximum Gasteiger partial charge on any atom is 0.282 e. The van der Waals surface area contributed by atoms with E-state index in [1.807, 2.05) is 78.9 Å². The van der Waals surface area contributed by atoms with Gasteiger partial charge >= 0.3 is 0 Å². The molecule has 0 spiro atoms. The molecule has 0 saturated heterocycles. The Bertz CT molecular complexity index is 1340. The van der Waals surface area contributed by atoms with E-state index in [0.717, 1.165) is 30.7 Å². The fraction of sp³-hybridized carbons (Fsp3) is 0. The number of aliphatic imine (C=N–C) groups is 1. The smallest absolute Gasteiger partial charge is 0.266 e. The van der Waals surface area contributed by atoms with Crippen LogP contribution in [-0.2, 0) is 4.79 Å². The van der Waals surface area contributed by atoms with Gasteiger partial charge in [0.05, 0.1) is 15.6 Å². The van der Waals surface area contributed by atoms with E-state index in [9.17, 15) is 4.79 Å². The molecule has 3 nitrogen and oxygen atoms in total. The molecule has 0 N–H and O–H groups in total. The lowest BCUT2D eigenvalue weighted by molar-refractivity contribution is -0.113. The Morgan fingerprint density at radius 3 is 2.50 bits per heavy atom. The maximum absolute atomic E-state index is 13.4. The summed E-state index contributed by atoms with van der Waals surface area (Å²) in [7, 11) is 0. The first kappa shape index (κ1) is 19.2. The summed E-state index contributed by atoms with van der Waals surface area (Å²) in [5.74, 6) is 0.378. The third kappa shape index (κ3) is 3.39. The van der Waals surface area contributed by atoms with E-state index in [-0.39, 0.29) is 5.91 Å². The van der Waals surface area contributed by atoms with Gasteiger partial charge in [-0.3, -0.25) is 9.69 Å². The molecule has 30 heavy (non-hydrogen) atoms. The second kappa shape index (κ2) is 7.84. The van der Waals surface area contributed by atoms with Crippen LogP contribution in [0.1, 0.15) is 10.4 Å². The molecule has 3 aromatic carbocycles. The molecule has 4 aromatic rings. The Balaban J connectivity index is 1.69. The van der Waals surface area contributed by atoms with Crippen LogP contribution < -0.4 is 4.90 Å². The van der Waals surface area contributed by atoms with Gasteiger partial charge in [-0.25, -0.2) is 4.99 Å². The summed E-state index contributed by atoms with van der Waals surface area (Å²) in [5.41, 5.74) is 2.03. The van der Waals surface area contributed by atoms with E-state index in [1.54, 1.807) is 22.3 Å². The lowest BCUT2D eigenvalue weighted by Crippen LogP contribution is -2.32. The highest BCUT2D eigenvalue weighted by molar-refractivity contribution is 9.10. The zero-order valence-electron chi connectivity index (χ0n) is 15.5. The average Bonchev–Trinajstić information content (AvgIpc) is 3.26. The Morgan fingerprint density at radius 1 is 0.967 bits per heavy atom. The van der Waals surface area contributed by atoms with Crippen molar-refractivity contribution in [3.05, 3.63) is 104 Å². The predicted octanol–water partition coefficient (Wildman–Crippen LogP) is 7.15. The van der Waals surface area contributed by atoms with Gasteiger partial charge in [0.2, 0.25) is 0 Å².